The summed E-state index contributed by atoms with van der Waals surface area (Å²) in [5, 5.41) is 3.30. The molecule has 1 N–H and O–H groups in total. The van der Waals surface area contributed by atoms with Crippen molar-refractivity contribution < 1.29 is 18.7 Å². The summed E-state index contributed by atoms with van der Waals surface area (Å²) in [6.45, 7) is 3.49. The van der Waals surface area contributed by atoms with E-state index in [9.17, 15) is 9.59 Å². The quantitative estimate of drug-likeness (QED) is 0.779. The molecule has 0 spiro atoms. The molecule has 4 heterocycles. The second-order valence-electron chi connectivity index (χ2n) is 9.27. The smallest absolute Gasteiger partial charge is 0.271 e. The second kappa shape index (κ2) is 7.76. The van der Waals surface area contributed by atoms with E-state index < -0.39 is 5.54 Å². The molecule has 2 amide bonds. The van der Waals surface area contributed by atoms with Crippen LogP contribution in [-0.4, -0.2) is 52.1 Å². The number of rotatable bonds is 4. The first-order chi connectivity index (χ1) is 14.6. The number of nitrogens with one attached hydrogen (secondary N) is 1. The summed E-state index contributed by atoms with van der Waals surface area (Å²) in [6, 6.07) is 3.85. The van der Waals surface area contributed by atoms with Crippen LogP contribution in [-0.2, 0) is 16.1 Å². The van der Waals surface area contributed by atoms with E-state index in [2.05, 4.69) is 5.32 Å². The van der Waals surface area contributed by atoms with Gasteiger partial charge in [0.05, 0.1) is 24.4 Å². The lowest BCUT2D eigenvalue weighted by atomic mass is 9.93. The maximum Gasteiger partial charge on any atom is 0.271 e. The molecule has 2 aromatic heterocycles. The van der Waals surface area contributed by atoms with E-state index in [1.165, 1.54) is 12.8 Å². The average molecular weight is 414 g/mol. The van der Waals surface area contributed by atoms with Gasteiger partial charge in [0, 0.05) is 31.3 Å². The second-order valence-corrected chi connectivity index (χ2v) is 9.27. The first kappa shape index (κ1) is 19.7. The number of carbonyl (C=O) groups is 2. The van der Waals surface area contributed by atoms with Gasteiger partial charge in [-0.25, -0.2) is 0 Å². The Bertz CT molecular complexity index is 934. The standard InChI is InChI=1S/C23H31N3O4/c1-23(22(28)24-16-7-4-2-3-5-8-16)15-25-18-10-12-30-20(18)13-19(25)21(27)26(23)14-17-9-6-11-29-17/h10,12-13,16-17H,2-9,11,14-15H2,1H3,(H,24,28). The molecule has 2 fully saturated rings. The molecular weight excluding hydrogens is 382 g/mol. The molecule has 2 atom stereocenters. The number of fused-ring (bicyclic) bond motifs is 3. The predicted molar refractivity (Wildman–Crippen MR) is 112 cm³/mol. The van der Waals surface area contributed by atoms with Crippen molar-refractivity contribution in [2.24, 2.45) is 0 Å². The minimum absolute atomic E-state index is 0.0107. The molecule has 3 aliphatic rings. The van der Waals surface area contributed by atoms with Crippen molar-refractivity contribution in [1.82, 2.24) is 14.8 Å². The molecule has 0 radical (unpaired) electrons. The lowest BCUT2D eigenvalue weighted by Gasteiger charge is -2.45. The van der Waals surface area contributed by atoms with Gasteiger partial charge in [-0.1, -0.05) is 25.7 Å². The van der Waals surface area contributed by atoms with E-state index in [-0.39, 0.29) is 24.0 Å². The van der Waals surface area contributed by atoms with Gasteiger partial charge < -0.3 is 23.9 Å². The first-order valence-corrected chi connectivity index (χ1v) is 11.4. The number of aromatic nitrogens is 1. The highest BCUT2D eigenvalue weighted by Gasteiger charge is 2.49. The molecule has 2 unspecified atom stereocenters. The molecule has 1 saturated heterocycles. The van der Waals surface area contributed by atoms with Crippen LogP contribution in [0, 0.1) is 0 Å². The monoisotopic (exact) mass is 413 g/mol. The van der Waals surface area contributed by atoms with Crippen LogP contribution in [0.4, 0.5) is 0 Å². The molecule has 0 aromatic carbocycles. The largest absolute Gasteiger partial charge is 0.463 e. The van der Waals surface area contributed by atoms with Gasteiger partial charge >= 0.3 is 0 Å². The Morgan fingerprint density at radius 1 is 1.20 bits per heavy atom. The average Bonchev–Trinajstić information content (AvgIpc) is 3.42. The number of hydrogen-bond donors (Lipinski definition) is 1. The normalized spacial score (nSPS) is 28.0. The Balaban J connectivity index is 1.47. The molecule has 30 heavy (non-hydrogen) atoms. The zero-order valence-corrected chi connectivity index (χ0v) is 17.7. The van der Waals surface area contributed by atoms with Gasteiger partial charge in [0.2, 0.25) is 5.91 Å². The van der Waals surface area contributed by atoms with Crippen LogP contribution in [0.3, 0.4) is 0 Å². The Morgan fingerprint density at radius 3 is 2.73 bits per heavy atom. The summed E-state index contributed by atoms with van der Waals surface area (Å²) < 4.78 is 13.3. The summed E-state index contributed by atoms with van der Waals surface area (Å²) in [5.41, 5.74) is 1.17. The Labute approximate surface area is 176 Å². The van der Waals surface area contributed by atoms with E-state index in [0.717, 1.165) is 50.6 Å². The number of ether oxygens (including phenoxy) is 1. The molecule has 0 bridgehead atoms. The van der Waals surface area contributed by atoms with Gasteiger partial charge in [0.1, 0.15) is 11.2 Å². The van der Waals surface area contributed by atoms with Crippen LogP contribution >= 0.6 is 0 Å². The van der Waals surface area contributed by atoms with E-state index in [1.54, 1.807) is 17.2 Å². The van der Waals surface area contributed by atoms with Crippen LogP contribution in [0.15, 0.2) is 22.8 Å². The SMILES string of the molecule is CC1(C(=O)NC2CCCCCC2)Cn2c(cc3occc32)C(=O)N1CC1CCCO1. The molecule has 7 heteroatoms. The van der Waals surface area contributed by atoms with E-state index in [0.29, 0.717) is 24.4 Å². The topological polar surface area (TPSA) is 76.7 Å². The molecular formula is C23H31N3O4. The zero-order chi connectivity index (χ0) is 20.7. The van der Waals surface area contributed by atoms with Crippen molar-refractivity contribution in [3.63, 3.8) is 0 Å². The maximum atomic E-state index is 13.7. The summed E-state index contributed by atoms with van der Waals surface area (Å²) in [4.78, 5) is 29.0. The minimum Gasteiger partial charge on any atom is -0.463 e. The molecule has 162 valence electrons. The number of carbonyl (C=O) groups excluding carboxylic acids is 2. The van der Waals surface area contributed by atoms with E-state index >= 15 is 0 Å². The molecule has 2 aliphatic heterocycles. The van der Waals surface area contributed by atoms with Crippen LogP contribution in [0.1, 0.15) is 68.8 Å². The van der Waals surface area contributed by atoms with Crippen LogP contribution in [0.5, 0.6) is 0 Å². The fourth-order valence-electron chi connectivity index (χ4n) is 5.32. The molecule has 1 saturated carbocycles. The van der Waals surface area contributed by atoms with E-state index in [1.807, 2.05) is 17.6 Å². The lowest BCUT2D eigenvalue weighted by molar-refractivity contribution is -0.134. The third-order valence-electron chi connectivity index (χ3n) is 7.14. The fourth-order valence-corrected chi connectivity index (χ4v) is 5.32. The Morgan fingerprint density at radius 2 is 2.00 bits per heavy atom. The third kappa shape index (κ3) is 3.33. The molecule has 5 rings (SSSR count). The first-order valence-electron chi connectivity index (χ1n) is 11.4. The summed E-state index contributed by atoms with van der Waals surface area (Å²) >= 11 is 0. The van der Waals surface area contributed by atoms with Gasteiger partial charge in [0.25, 0.3) is 5.91 Å². The van der Waals surface area contributed by atoms with Crippen LogP contribution in [0.2, 0.25) is 0 Å². The summed E-state index contributed by atoms with van der Waals surface area (Å²) in [5.74, 6) is -0.182. The predicted octanol–water partition coefficient (Wildman–Crippen LogP) is 3.47. The van der Waals surface area contributed by atoms with Crippen molar-refractivity contribution in [2.75, 3.05) is 13.2 Å². The van der Waals surface area contributed by atoms with Crippen molar-refractivity contribution in [3.05, 3.63) is 24.1 Å². The maximum absolute atomic E-state index is 13.7. The minimum atomic E-state index is -0.967. The number of hydrogen-bond acceptors (Lipinski definition) is 4. The number of nitrogens with zero attached hydrogens (tertiary/aromatic N) is 2. The number of amides is 2. The summed E-state index contributed by atoms with van der Waals surface area (Å²) in [7, 11) is 0. The molecule has 1 aliphatic carbocycles. The van der Waals surface area contributed by atoms with Crippen LogP contribution in [0.25, 0.3) is 11.1 Å². The van der Waals surface area contributed by atoms with Crippen LogP contribution < -0.4 is 5.32 Å². The summed E-state index contributed by atoms with van der Waals surface area (Å²) in [6.07, 6.45) is 10.3. The van der Waals surface area contributed by atoms with Gasteiger partial charge in [-0.3, -0.25) is 9.59 Å². The molecule has 2 aromatic rings. The van der Waals surface area contributed by atoms with Gasteiger partial charge in [-0.2, -0.15) is 0 Å². The lowest BCUT2D eigenvalue weighted by Crippen LogP contribution is -2.66. The number of furan rings is 1. The molecule has 7 nitrogen and oxygen atoms in total. The highest BCUT2D eigenvalue weighted by molar-refractivity contribution is 6.03. The highest BCUT2D eigenvalue weighted by atomic mass is 16.5. The Hall–Kier alpha value is -2.28. The van der Waals surface area contributed by atoms with Gasteiger partial charge in [-0.15, -0.1) is 0 Å². The highest BCUT2D eigenvalue weighted by Crippen LogP contribution is 2.34. The van der Waals surface area contributed by atoms with Crippen molar-refractivity contribution in [1.29, 1.82) is 0 Å². The van der Waals surface area contributed by atoms with Gasteiger partial charge in [0.15, 0.2) is 5.58 Å². The third-order valence-corrected chi connectivity index (χ3v) is 7.14. The van der Waals surface area contributed by atoms with E-state index in [4.69, 9.17) is 9.15 Å². The fraction of sp³-hybridized carbons (Fsp3) is 0.652. The van der Waals surface area contributed by atoms with Crippen molar-refractivity contribution in [3.8, 4) is 0 Å². The van der Waals surface area contributed by atoms with Gasteiger partial charge in [-0.05, 0) is 32.6 Å². The van der Waals surface area contributed by atoms with Crippen molar-refractivity contribution >= 4 is 22.9 Å². The van der Waals surface area contributed by atoms with Crippen molar-refractivity contribution in [2.45, 2.75) is 82.5 Å². The zero-order valence-electron chi connectivity index (χ0n) is 17.7. The Kier molecular flexibility index (Phi) is 5.09.